The quantitative estimate of drug-likeness (QED) is 0.545. The van der Waals surface area contributed by atoms with Crippen molar-refractivity contribution in [1.29, 1.82) is 0 Å². The fourth-order valence-corrected chi connectivity index (χ4v) is 1.87. The predicted octanol–water partition coefficient (Wildman–Crippen LogP) is 2.47. The van der Waals surface area contributed by atoms with Crippen LogP contribution >= 0.6 is 37.9 Å². The first-order chi connectivity index (χ1) is 4.16. The van der Waals surface area contributed by atoms with Gasteiger partial charge in [-0.15, -0.1) is 0 Å². The standard InChI is InChI=1S/C6H13S3/c1-5(8)4-6(9)2-3-7/h3,5-9H,2,4H2,1H3. The first kappa shape index (κ1) is 10.0. The monoisotopic (exact) mass is 181 g/mol. The molecule has 0 amide bonds. The molecule has 0 N–H and O–H groups in total. The molecule has 0 saturated carbocycles. The zero-order valence-electron chi connectivity index (χ0n) is 5.49. The van der Waals surface area contributed by atoms with Crippen LogP contribution in [-0.4, -0.2) is 10.5 Å². The van der Waals surface area contributed by atoms with Gasteiger partial charge in [0, 0.05) is 11.0 Å². The van der Waals surface area contributed by atoms with Crippen molar-refractivity contribution < 1.29 is 0 Å². The lowest BCUT2D eigenvalue weighted by Gasteiger charge is -2.09. The van der Waals surface area contributed by atoms with E-state index >= 15 is 0 Å². The van der Waals surface area contributed by atoms with Gasteiger partial charge in [-0.2, -0.15) is 37.9 Å². The lowest BCUT2D eigenvalue weighted by Crippen LogP contribution is -2.04. The molecule has 0 spiro atoms. The van der Waals surface area contributed by atoms with E-state index in [4.69, 9.17) is 0 Å². The summed E-state index contributed by atoms with van der Waals surface area (Å²) in [7, 11) is 0. The molecule has 0 aliphatic rings. The summed E-state index contributed by atoms with van der Waals surface area (Å²) in [5.74, 6) is 1.84. The molecule has 0 nitrogen and oxygen atoms in total. The fourth-order valence-electron chi connectivity index (χ4n) is 0.612. The summed E-state index contributed by atoms with van der Waals surface area (Å²) >= 11 is 12.5. The maximum atomic E-state index is 4.32. The van der Waals surface area contributed by atoms with E-state index in [2.05, 4.69) is 44.8 Å². The van der Waals surface area contributed by atoms with Gasteiger partial charge in [0.05, 0.1) is 0 Å². The van der Waals surface area contributed by atoms with Crippen LogP contribution in [0, 0.1) is 5.75 Å². The molecule has 2 atom stereocenters. The number of hydrogen-bond donors (Lipinski definition) is 3. The molecule has 55 valence electrons. The van der Waals surface area contributed by atoms with Crippen LogP contribution in [0.5, 0.6) is 0 Å². The van der Waals surface area contributed by atoms with E-state index in [1.165, 1.54) is 0 Å². The molecule has 0 rings (SSSR count). The molecule has 2 unspecified atom stereocenters. The molecule has 0 heterocycles. The lowest BCUT2D eigenvalue weighted by molar-refractivity contribution is 0.762. The van der Waals surface area contributed by atoms with E-state index in [9.17, 15) is 0 Å². The van der Waals surface area contributed by atoms with E-state index in [-0.39, 0.29) is 0 Å². The summed E-state index contributed by atoms with van der Waals surface area (Å²) in [4.78, 5) is 0. The Kier molecular flexibility index (Phi) is 6.48. The largest absolute Gasteiger partial charge is 0.176 e. The van der Waals surface area contributed by atoms with E-state index in [0.29, 0.717) is 10.5 Å². The minimum absolute atomic E-state index is 0.426. The Morgan fingerprint density at radius 1 is 1.44 bits per heavy atom. The van der Waals surface area contributed by atoms with Crippen molar-refractivity contribution in [2.45, 2.75) is 30.3 Å². The van der Waals surface area contributed by atoms with Crippen LogP contribution in [0.3, 0.4) is 0 Å². The zero-order chi connectivity index (χ0) is 7.28. The average molecular weight is 181 g/mol. The van der Waals surface area contributed by atoms with Crippen LogP contribution in [0.2, 0.25) is 0 Å². The zero-order valence-corrected chi connectivity index (χ0v) is 8.17. The smallest absolute Gasteiger partial charge is 0.0144 e. The molecule has 0 saturated heterocycles. The van der Waals surface area contributed by atoms with Crippen LogP contribution in [0.4, 0.5) is 0 Å². The van der Waals surface area contributed by atoms with E-state index in [0.717, 1.165) is 12.8 Å². The van der Waals surface area contributed by atoms with Gasteiger partial charge in [-0.25, -0.2) is 0 Å². The van der Waals surface area contributed by atoms with Gasteiger partial charge in [-0.1, -0.05) is 6.92 Å². The van der Waals surface area contributed by atoms with Gasteiger partial charge in [0.15, 0.2) is 0 Å². The van der Waals surface area contributed by atoms with Crippen LogP contribution in [0.15, 0.2) is 0 Å². The van der Waals surface area contributed by atoms with Crippen molar-refractivity contribution in [3.8, 4) is 0 Å². The average Bonchev–Trinajstić information content (AvgIpc) is 1.63. The van der Waals surface area contributed by atoms with E-state index < -0.39 is 0 Å². The SMILES string of the molecule is CC(S)CC(S)C[CH]S. The van der Waals surface area contributed by atoms with Crippen LogP contribution in [0.25, 0.3) is 0 Å². The summed E-state index contributed by atoms with van der Waals surface area (Å²) in [6, 6.07) is 0. The molecule has 0 aromatic rings. The highest BCUT2D eigenvalue weighted by Gasteiger charge is 2.04. The highest BCUT2D eigenvalue weighted by atomic mass is 32.1. The molecule has 0 aliphatic carbocycles. The fraction of sp³-hybridized carbons (Fsp3) is 0.833. The molecule has 3 heteroatoms. The first-order valence-electron chi connectivity index (χ1n) is 2.98. The third-order valence-electron chi connectivity index (χ3n) is 0.991. The van der Waals surface area contributed by atoms with Gasteiger partial charge >= 0.3 is 0 Å². The lowest BCUT2D eigenvalue weighted by atomic mass is 10.2. The molecular formula is C6H13S3. The minimum Gasteiger partial charge on any atom is -0.176 e. The number of hydrogen-bond acceptors (Lipinski definition) is 3. The molecule has 0 aliphatic heterocycles. The van der Waals surface area contributed by atoms with Gasteiger partial charge in [0.1, 0.15) is 0 Å². The third-order valence-corrected chi connectivity index (χ3v) is 1.83. The van der Waals surface area contributed by atoms with E-state index in [1.807, 2.05) is 5.75 Å². The minimum atomic E-state index is 0.426. The Morgan fingerprint density at radius 2 is 2.00 bits per heavy atom. The summed E-state index contributed by atoms with van der Waals surface area (Å²) < 4.78 is 0. The maximum absolute atomic E-state index is 4.32. The molecular weight excluding hydrogens is 168 g/mol. The third kappa shape index (κ3) is 6.94. The van der Waals surface area contributed by atoms with Crippen molar-refractivity contribution in [2.24, 2.45) is 0 Å². The Bertz CT molecular complexity index is 63.3. The van der Waals surface area contributed by atoms with Crippen molar-refractivity contribution >= 4 is 37.9 Å². The highest BCUT2D eigenvalue weighted by molar-refractivity contribution is 7.83. The molecule has 0 fully saturated rings. The molecule has 0 aromatic carbocycles. The highest BCUT2D eigenvalue weighted by Crippen LogP contribution is 2.14. The van der Waals surface area contributed by atoms with Crippen molar-refractivity contribution in [1.82, 2.24) is 0 Å². The number of rotatable bonds is 4. The summed E-state index contributed by atoms with van der Waals surface area (Å²) in [6.07, 6.45) is 2.00. The second-order valence-electron chi connectivity index (χ2n) is 2.16. The predicted molar refractivity (Wildman–Crippen MR) is 53.7 cm³/mol. The van der Waals surface area contributed by atoms with Crippen molar-refractivity contribution in [3.63, 3.8) is 0 Å². The van der Waals surface area contributed by atoms with Crippen LogP contribution < -0.4 is 0 Å². The summed E-state index contributed by atoms with van der Waals surface area (Å²) in [5.41, 5.74) is 0. The van der Waals surface area contributed by atoms with Crippen molar-refractivity contribution in [3.05, 3.63) is 5.75 Å². The number of thiol groups is 3. The second kappa shape index (κ2) is 5.81. The van der Waals surface area contributed by atoms with Gasteiger partial charge in [0.2, 0.25) is 0 Å². The summed E-state index contributed by atoms with van der Waals surface area (Å²) in [6.45, 7) is 2.07. The topological polar surface area (TPSA) is 0 Å². The van der Waals surface area contributed by atoms with Crippen molar-refractivity contribution in [2.75, 3.05) is 0 Å². The Morgan fingerprint density at radius 3 is 2.33 bits per heavy atom. The Balaban J connectivity index is 3.15. The molecule has 0 bridgehead atoms. The Labute approximate surface area is 74.0 Å². The first-order valence-corrected chi connectivity index (χ1v) is 4.53. The Hall–Kier alpha value is 1.05. The normalized spacial score (nSPS) is 17.3. The molecule has 1 radical (unpaired) electrons. The van der Waals surface area contributed by atoms with Gasteiger partial charge in [-0.05, 0) is 18.1 Å². The summed E-state index contributed by atoms with van der Waals surface area (Å²) in [5, 5.41) is 0.871. The van der Waals surface area contributed by atoms with E-state index in [1.54, 1.807) is 0 Å². The van der Waals surface area contributed by atoms with Gasteiger partial charge in [0.25, 0.3) is 0 Å². The van der Waals surface area contributed by atoms with Gasteiger partial charge in [-0.3, -0.25) is 0 Å². The van der Waals surface area contributed by atoms with Crippen LogP contribution in [-0.2, 0) is 0 Å². The molecule has 0 aromatic heterocycles. The molecule has 9 heavy (non-hydrogen) atoms. The van der Waals surface area contributed by atoms with Crippen LogP contribution in [0.1, 0.15) is 19.8 Å². The van der Waals surface area contributed by atoms with Gasteiger partial charge < -0.3 is 0 Å². The maximum Gasteiger partial charge on any atom is 0.0144 e. The second-order valence-corrected chi connectivity index (χ2v) is 4.13.